The maximum absolute atomic E-state index is 13.2. The van der Waals surface area contributed by atoms with Crippen molar-refractivity contribution >= 4 is 32.8 Å². The number of cyclic esters (lactones) is 1. The molecule has 0 saturated heterocycles. The fourth-order valence-corrected chi connectivity index (χ4v) is 4.48. The Bertz CT molecular complexity index is 1300. The number of benzene rings is 1. The van der Waals surface area contributed by atoms with Crippen LogP contribution < -0.4 is 10.1 Å². The van der Waals surface area contributed by atoms with Crippen LogP contribution >= 0.6 is 9.47 Å². The lowest BCUT2D eigenvalue weighted by molar-refractivity contribution is -0.165. The average Bonchev–Trinajstić information content (AvgIpc) is 3.25. The molecule has 2 aliphatic rings. The van der Waals surface area contributed by atoms with E-state index in [1.165, 1.54) is 0 Å². The van der Waals surface area contributed by atoms with Gasteiger partial charge in [-0.25, -0.2) is 9.78 Å². The highest BCUT2D eigenvalue weighted by Gasteiger charge is 2.36. The Balaban J connectivity index is 0.000000771. The van der Waals surface area contributed by atoms with Crippen molar-refractivity contribution in [1.82, 2.24) is 9.55 Å². The quantitative estimate of drug-likeness (QED) is 0.239. The topological polar surface area (TPSA) is 96.7 Å². The summed E-state index contributed by atoms with van der Waals surface area (Å²) in [5, 5.41) is 0.975. The molecule has 1 aromatic carbocycles. The van der Waals surface area contributed by atoms with Gasteiger partial charge in [-0.15, -0.1) is 0 Å². The fourth-order valence-electron chi connectivity index (χ4n) is 4.34. The van der Waals surface area contributed by atoms with Crippen LogP contribution in [0.15, 0.2) is 29.1 Å². The second-order valence-electron chi connectivity index (χ2n) is 7.14. The second-order valence-corrected chi connectivity index (χ2v) is 7.38. The van der Waals surface area contributed by atoms with Crippen LogP contribution in [0.2, 0.25) is 0 Å². The molecule has 0 radical (unpaired) electrons. The van der Waals surface area contributed by atoms with Gasteiger partial charge in [0.2, 0.25) is 6.10 Å². The molecular weight excluding hydrogens is 455 g/mol. The summed E-state index contributed by atoms with van der Waals surface area (Å²) in [7, 11) is 2.23. The van der Waals surface area contributed by atoms with E-state index < -0.39 is 12.1 Å². The summed E-state index contributed by atoms with van der Waals surface area (Å²) in [5.74, 6) is 0.0134. The van der Waals surface area contributed by atoms with Gasteiger partial charge in [0.25, 0.3) is 12.0 Å². The fraction of sp³-hybridized carbons (Fsp3) is 0.360. The number of fused-ring (bicyclic) bond motifs is 5. The van der Waals surface area contributed by atoms with Gasteiger partial charge < -0.3 is 18.6 Å². The molecule has 0 amide bonds. The molecule has 5 rings (SSSR count). The summed E-state index contributed by atoms with van der Waals surface area (Å²) in [5.41, 5.74) is 4.54. The largest absolute Gasteiger partial charge is 0.480 e. The van der Waals surface area contributed by atoms with E-state index in [2.05, 4.69) is 16.4 Å². The highest BCUT2D eigenvalue weighted by atomic mass is 31.0. The van der Waals surface area contributed by atoms with Gasteiger partial charge >= 0.3 is 5.97 Å². The molecule has 9 heteroatoms. The number of aryl methyl sites for hydroxylation is 1. The molecule has 0 N–H and O–H groups in total. The third-order valence-corrected chi connectivity index (χ3v) is 5.98. The third-order valence-electron chi connectivity index (χ3n) is 5.71. The number of esters is 1. The van der Waals surface area contributed by atoms with Crippen molar-refractivity contribution in [3.63, 3.8) is 0 Å². The first kappa shape index (κ1) is 25.4. The SMILES string of the molecule is CC.CC.CCc1c2c(nc3ccc(OP)cc13)-c1cc3c(c(=O)n1C2)COC(=O)C3OC=O. The Labute approximate surface area is 200 Å². The lowest BCUT2D eigenvalue weighted by atomic mass is 9.97. The number of hydrogen-bond donors (Lipinski definition) is 0. The zero-order valence-corrected chi connectivity index (χ0v) is 21.2. The number of rotatable bonds is 4. The smallest absolute Gasteiger partial charge is 0.352 e. The van der Waals surface area contributed by atoms with E-state index in [1.54, 1.807) is 10.6 Å². The van der Waals surface area contributed by atoms with Gasteiger partial charge in [-0.2, -0.15) is 0 Å². The molecule has 8 nitrogen and oxygen atoms in total. The lowest BCUT2D eigenvalue weighted by Crippen LogP contribution is -2.33. The summed E-state index contributed by atoms with van der Waals surface area (Å²) >= 11 is 0. The molecule has 2 aliphatic heterocycles. The van der Waals surface area contributed by atoms with Crippen LogP contribution in [0.3, 0.4) is 0 Å². The number of carbonyl (C=O) groups excluding carboxylic acids is 2. The third kappa shape index (κ3) is 4.07. The first-order chi connectivity index (χ1) is 16.6. The number of aromatic nitrogens is 2. The normalized spacial score (nSPS) is 14.9. The standard InChI is InChI=1S/C21H17N2O6P.2C2H6/c1-2-11-12-5-10(29-30)3-4-16(12)22-18-14(11)7-23-17(18)6-13-15(20(23)25)8-27-21(26)19(13)28-9-24;2*1-2/h3-6,9,19H,2,7-8,30H2,1H3;2*1-2H3. The maximum Gasteiger partial charge on any atom is 0.352 e. The summed E-state index contributed by atoms with van der Waals surface area (Å²) in [6, 6.07) is 7.36. The number of ether oxygens (including phenoxy) is 2. The van der Waals surface area contributed by atoms with Gasteiger partial charge in [-0.1, -0.05) is 34.6 Å². The van der Waals surface area contributed by atoms with Crippen LogP contribution in [0.1, 0.15) is 63.0 Å². The Hall–Kier alpha value is -3.25. The van der Waals surface area contributed by atoms with E-state index >= 15 is 0 Å². The van der Waals surface area contributed by atoms with Crippen LogP contribution in [0.4, 0.5) is 0 Å². The predicted octanol–water partition coefficient (Wildman–Crippen LogP) is 4.48. The van der Waals surface area contributed by atoms with Crippen molar-refractivity contribution in [3.8, 4) is 17.1 Å². The minimum Gasteiger partial charge on any atom is -0.480 e. The Morgan fingerprint density at radius 2 is 1.91 bits per heavy atom. The molecule has 3 aromatic rings. The molecule has 2 unspecified atom stereocenters. The van der Waals surface area contributed by atoms with E-state index in [0.29, 0.717) is 34.8 Å². The number of carbonyl (C=O) groups is 2. The van der Waals surface area contributed by atoms with E-state index in [-0.39, 0.29) is 18.6 Å². The molecule has 0 saturated carbocycles. The van der Waals surface area contributed by atoms with Crippen LogP contribution in [0.25, 0.3) is 22.3 Å². The average molecular weight is 484 g/mol. The second kappa shape index (κ2) is 10.8. The summed E-state index contributed by atoms with van der Waals surface area (Å²) < 4.78 is 16.9. The highest BCUT2D eigenvalue weighted by Crippen LogP contribution is 2.39. The predicted molar refractivity (Wildman–Crippen MR) is 133 cm³/mol. The van der Waals surface area contributed by atoms with Gasteiger partial charge in [-0.3, -0.25) is 9.59 Å². The molecule has 180 valence electrons. The van der Waals surface area contributed by atoms with Crippen molar-refractivity contribution in [3.05, 3.63) is 56.9 Å². The van der Waals surface area contributed by atoms with Crippen molar-refractivity contribution in [2.24, 2.45) is 0 Å². The van der Waals surface area contributed by atoms with E-state index in [9.17, 15) is 14.4 Å². The molecule has 4 heterocycles. The first-order valence-electron chi connectivity index (χ1n) is 11.4. The molecule has 2 aromatic heterocycles. The van der Waals surface area contributed by atoms with Crippen molar-refractivity contribution in [2.45, 2.75) is 60.3 Å². The van der Waals surface area contributed by atoms with Crippen LogP contribution in [-0.2, 0) is 38.6 Å². The van der Waals surface area contributed by atoms with Gasteiger partial charge in [-0.05, 0) is 36.2 Å². The van der Waals surface area contributed by atoms with Crippen molar-refractivity contribution in [2.75, 3.05) is 0 Å². The first-order valence-corrected chi connectivity index (χ1v) is 11.9. The van der Waals surface area contributed by atoms with Gasteiger partial charge in [0.1, 0.15) is 12.4 Å². The minimum atomic E-state index is -1.25. The van der Waals surface area contributed by atoms with Crippen LogP contribution in [-0.4, -0.2) is 22.0 Å². The Morgan fingerprint density at radius 1 is 1.18 bits per heavy atom. The van der Waals surface area contributed by atoms with Gasteiger partial charge in [0.15, 0.2) is 0 Å². The Kier molecular flexibility index (Phi) is 8.05. The molecule has 34 heavy (non-hydrogen) atoms. The maximum atomic E-state index is 13.2. The van der Waals surface area contributed by atoms with Gasteiger partial charge in [0, 0.05) is 16.5 Å². The number of nitrogens with zero attached hydrogens (tertiary/aromatic N) is 2. The number of hydrogen-bond acceptors (Lipinski definition) is 7. The molecule has 0 aliphatic carbocycles. The highest BCUT2D eigenvalue weighted by molar-refractivity contribution is 7.10. The lowest BCUT2D eigenvalue weighted by Gasteiger charge is -2.23. The van der Waals surface area contributed by atoms with E-state index in [4.69, 9.17) is 19.0 Å². The molecule has 0 fully saturated rings. The monoisotopic (exact) mass is 484 g/mol. The summed E-state index contributed by atoms with van der Waals surface area (Å²) in [6.07, 6.45) is -0.496. The van der Waals surface area contributed by atoms with Crippen LogP contribution in [0.5, 0.6) is 5.75 Å². The molecule has 2 atom stereocenters. The van der Waals surface area contributed by atoms with Crippen molar-refractivity contribution in [1.29, 1.82) is 0 Å². The molecule has 0 bridgehead atoms. The summed E-state index contributed by atoms with van der Waals surface area (Å²) in [6.45, 7) is 10.5. The van der Waals surface area contributed by atoms with Crippen molar-refractivity contribution < 1.29 is 23.6 Å². The zero-order chi connectivity index (χ0) is 25.0. The zero-order valence-electron chi connectivity index (χ0n) is 20.0. The van der Waals surface area contributed by atoms with E-state index in [0.717, 1.165) is 28.5 Å². The van der Waals surface area contributed by atoms with Gasteiger partial charge in [0.05, 0.1) is 38.5 Å². The van der Waals surface area contributed by atoms with E-state index in [1.807, 2.05) is 45.9 Å². The summed E-state index contributed by atoms with van der Waals surface area (Å²) in [4.78, 5) is 41.0. The minimum absolute atomic E-state index is 0.146. The van der Waals surface area contributed by atoms with Crippen LogP contribution in [0, 0.1) is 0 Å². The number of pyridine rings is 2. The molecule has 0 spiro atoms. The Morgan fingerprint density at radius 3 is 2.56 bits per heavy atom. The molecular formula is C25H29N2O6P.